The summed E-state index contributed by atoms with van der Waals surface area (Å²) in [5.41, 5.74) is 5.93. The molecule has 2 N–H and O–H groups in total. The van der Waals surface area contributed by atoms with Crippen molar-refractivity contribution in [3.63, 3.8) is 0 Å². The highest BCUT2D eigenvalue weighted by Gasteiger charge is 2.40. The lowest BCUT2D eigenvalue weighted by Crippen LogP contribution is -2.58. The summed E-state index contributed by atoms with van der Waals surface area (Å²) < 4.78 is 32.7. The first-order chi connectivity index (χ1) is 11.4. The number of allylic oxidation sites excluding steroid dienone is 2. The summed E-state index contributed by atoms with van der Waals surface area (Å²) in [5.74, 6) is 0.662. The average Bonchev–Trinajstić information content (AvgIpc) is 2.91. The predicted octanol–water partition coefficient (Wildman–Crippen LogP) is -0.620. The first kappa shape index (κ1) is 17.3. The third-order valence-electron chi connectivity index (χ3n) is 4.77. The highest BCUT2D eigenvalue weighted by molar-refractivity contribution is 5.62. The molecule has 4 rings (SSSR count). The Morgan fingerprint density at radius 3 is 2.71 bits per heavy atom. The minimum absolute atomic E-state index is 0.492. The molecule has 7 heteroatoms. The van der Waals surface area contributed by atoms with Gasteiger partial charge in [-0.25, -0.2) is 0 Å². The van der Waals surface area contributed by atoms with Crippen molar-refractivity contribution in [3.05, 3.63) is 53.3 Å². The zero-order chi connectivity index (χ0) is 17.3. The molecule has 0 radical (unpaired) electrons. The number of para-hydroxylation sites is 1. The van der Waals surface area contributed by atoms with Gasteiger partial charge < -0.3 is 10.2 Å². The lowest BCUT2D eigenvalue weighted by Gasteiger charge is -2.41. The van der Waals surface area contributed by atoms with Gasteiger partial charge in [0.25, 0.3) is 0 Å². The maximum Gasteiger partial charge on any atom is 0.0777 e. The van der Waals surface area contributed by atoms with Crippen LogP contribution >= 0.6 is 0 Å². The highest BCUT2D eigenvalue weighted by atomic mass is 35.7. The SMILES string of the molecule is CCC1=C2C3Nc4ccccc4C3CCN2CC=C1.[O-][Cl+3]([O-])([O-])O. The maximum atomic E-state index is 8.60. The molecule has 24 heavy (non-hydrogen) atoms. The molecule has 130 valence electrons. The number of anilines is 1. The molecule has 0 spiro atoms. The molecule has 1 saturated heterocycles. The first-order valence-electron chi connectivity index (χ1n) is 8.01. The summed E-state index contributed by atoms with van der Waals surface area (Å²) in [7, 11) is -4.69. The van der Waals surface area contributed by atoms with Gasteiger partial charge in [-0.15, -0.1) is 0 Å². The van der Waals surface area contributed by atoms with E-state index in [9.17, 15) is 0 Å². The monoisotopic (exact) mass is 352 g/mol. The Morgan fingerprint density at radius 1 is 1.29 bits per heavy atom. The van der Waals surface area contributed by atoms with E-state index in [0.29, 0.717) is 12.0 Å². The molecule has 0 aromatic heterocycles. The molecule has 2 unspecified atom stereocenters. The van der Waals surface area contributed by atoms with Crippen molar-refractivity contribution >= 4 is 5.69 Å². The predicted molar refractivity (Wildman–Crippen MR) is 81.5 cm³/mol. The number of nitrogens with one attached hydrogen (secondary N) is 1. The summed E-state index contributed by atoms with van der Waals surface area (Å²) in [6.07, 6.45) is 7.04. The second-order valence-corrected chi connectivity index (χ2v) is 6.90. The van der Waals surface area contributed by atoms with E-state index in [0.717, 1.165) is 13.0 Å². The number of hydrogen-bond donors (Lipinski definition) is 2. The van der Waals surface area contributed by atoms with Crippen LogP contribution in [0.3, 0.4) is 0 Å². The Kier molecular flexibility index (Phi) is 4.85. The number of benzene rings is 1. The summed E-state index contributed by atoms with van der Waals surface area (Å²) in [6, 6.07) is 9.32. The van der Waals surface area contributed by atoms with Crippen LogP contribution in [0.4, 0.5) is 5.69 Å². The van der Waals surface area contributed by atoms with Gasteiger partial charge >= 0.3 is 0 Å². The highest BCUT2D eigenvalue weighted by Crippen LogP contribution is 2.46. The van der Waals surface area contributed by atoms with Crippen molar-refractivity contribution < 1.29 is 28.9 Å². The van der Waals surface area contributed by atoms with Crippen LogP contribution in [0.1, 0.15) is 31.2 Å². The van der Waals surface area contributed by atoms with E-state index in [4.69, 9.17) is 18.6 Å². The Hall–Kier alpha value is -1.57. The molecule has 0 bridgehead atoms. The molecule has 0 aliphatic carbocycles. The van der Waals surface area contributed by atoms with E-state index in [2.05, 4.69) is 53.6 Å². The zero-order valence-electron chi connectivity index (χ0n) is 13.4. The third kappa shape index (κ3) is 3.58. The third-order valence-corrected chi connectivity index (χ3v) is 4.77. The summed E-state index contributed by atoms with van der Waals surface area (Å²) in [6.45, 7) is 4.54. The molecule has 1 fully saturated rings. The number of hydrogen-bond acceptors (Lipinski definition) is 6. The van der Waals surface area contributed by atoms with Crippen LogP contribution in [-0.2, 0) is 0 Å². The van der Waals surface area contributed by atoms with Crippen LogP contribution in [0.5, 0.6) is 0 Å². The Balaban J connectivity index is 0.000000300. The van der Waals surface area contributed by atoms with Gasteiger partial charge in [0.1, 0.15) is 0 Å². The Morgan fingerprint density at radius 2 is 2.00 bits per heavy atom. The standard InChI is InChI=1S/C17H20N2.ClHO4/c1-2-12-6-5-10-19-11-9-14-13-7-3-4-8-15(13)18-16(14)17(12)19;2-1(3,4)5/h3-8,14,16,18H,2,9-11H2,1H3;(H,2,3,4,5). The van der Waals surface area contributed by atoms with Gasteiger partial charge in [-0.05, 0) is 30.0 Å². The van der Waals surface area contributed by atoms with Crippen LogP contribution in [0, 0.1) is 10.2 Å². The largest absolute Gasteiger partial charge is 0.376 e. The van der Waals surface area contributed by atoms with E-state index in [1.54, 1.807) is 5.70 Å². The number of nitrogens with zero attached hydrogens (tertiary/aromatic N) is 1. The second kappa shape index (κ2) is 6.74. The van der Waals surface area contributed by atoms with Gasteiger partial charge in [0, 0.05) is 30.4 Å². The molecule has 2 atom stereocenters. The van der Waals surface area contributed by atoms with E-state index < -0.39 is 10.2 Å². The normalized spacial score (nSPS) is 24.5. The van der Waals surface area contributed by atoms with Gasteiger partial charge in [-0.2, -0.15) is 14.0 Å². The number of piperidine rings is 1. The summed E-state index contributed by atoms with van der Waals surface area (Å²) in [5, 5.41) is 3.77. The lowest BCUT2D eigenvalue weighted by molar-refractivity contribution is -1.92. The van der Waals surface area contributed by atoms with Gasteiger partial charge in [-0.3, -0.25) is 0 Å². The lowest BCUT2D eigenvalue weighted by atomic mass is 9.83. The molecule has 3 aliphatic rings. The minimum Gasteiger partial charge on any atom is -0.376 e. The van der Waals surface area contributed by atoms with Crippen LogP contribution in [-0.4, -0.2) is 28.7 Å². The summed E-state index contributed by atoms with van der Waals surface area (Å²) in [4.78, 5) is 2.57. The van der Waals surface area contributed by atoms with E-state index in [-0.39, 0.29) is 0 Å². The number of rotatable bonds is 1. The van der Waals surface area contributed by atoms with Crippen molar-refractivity contribution in [3.8, 4) is 0 Å². The number of halogens is 1. The van der Waals surface area contributed by atoms with Crippen molar-refractivity contribution in [2.45, 2.75) is 31.7 Å². The molecular weight excluding hydrogens is 332 g/mol. The van der Waals surface area contributed by atoms with E-state index in [1.807, 2.05) is 0 Å². The molecule has 1 aromatic rings. The van der Waals surface area contributed by atoms with Crippen molar-refractivity contribution in [2.24, 2.45) is 0 Å². The molecule has 3 heterocycles. The Bertz CT molecular complexity index is 663. The maximum absolute atomic E-state index is 8.60. The fourth-order valence-electron chi connectivity index (χ4n) is 3.89. The summed E-state index contributed by atoms with van der Waals surface area (Å²) >= 11 is 0. The van der Waals surface area contributed by atoms with Crippen LogP contribution in [0.2, 0.25) is 0 Å². The van der Waals surface area contributed by atoms with Crippen LogP contribution < -0.4 is 19.3 Å². The first-order valence-corrected chi connectivity index (χ1v) is 9.28. The van der Waals surface area contributed by atoms with Gasteiger partial charge in [0.15, 0.2) is 0 Å². The molecule has 3 aliphatic heterocycles. The topological polar surface area (TPSA) is 105 Å². The van der Waals surface area contributed by atoms with Gasteiger partial charge in [0.05, 0.1) is 20.9 Å². The fraction of sp³-hybridized carbons (Fsp3) is 0.412. The van der Waals surface area contributed by atoms with Crippen molar-refractivity contribution in [1.82, 2.24) is 4.90 Å². The molecule has 0 saturated carbocycles. The molecule has 6 nitrogen and oxygen atoms in total. The van der Waals surface area contributed by atoms with Crippen molar-refractivity contribution in [2.75, 3.05) is 18.4 Å². The van der Waals surface area contributed by atoms with Gasteiger partial charge in [-0.1, -0.05) is 37.3 Å². The fourth-order valence-corrected chi connectivity index (χ4v) is 3.89. The minimum atomic E-state index is -4.69. The second-order valence-electron chi connectivity index (χ2n) is 6.11. The molecule has 1 aromatic carbocycles. The van der Waals surface area contributed by atoms with E-state index >= 15 is 0 Å². The quantitative estimate of drug-likeness (QED) is 0.698. The Labute approximate surface area is 143 Å². The van der Waals surface area contributed by atoms with Crippen molar-refractivity contribution in [1.29, 1.82) is 0 Å². The number of fused-ring (bicyclic) bond motifs is 5. The van der Waals surface area contributed by atoms with Crippen LogP contribution in [0.25, 0.3) is 0 Å². The van der Waals surface area contributed by atoms with E-state index in [1.165, 1.54) is 29.8 Å². The van der Waals surface area contributed by atoms with Crippen LogP contribution in [0.15, 0.2) is 47.7 Å². The molecule has 0 amide bonds. The zero-order valence-corrected chi connectivity index (χ0v) is 14.2. The average molecular weight is 353 g/mol. The van der Waals surface area contributed by atoms with Gasteiger partial charge in [0.2, 0.25) is 0 Å². The smallest absolute Gasteiger partial charge is 0.0777 e. The molecular formula is C17H21ClN2O4.